The number of carbonyl (C=O) groups is 1. The summed E-state index contributed by atoms with van der Waals surface area (Å²) in [5, 5.41) is 0. The molecule has 1 aromatic carbocycles. The van der Waals surface area contributed by atoms with E-state index in [1.165, 1.54) is 17.5 Å². The summed E-state index contributed by atoms with van der Waals surface area (Å²) in [6.07, 6.45) is 1.78. The van der Waals surface area contributed by atoms with Crippen LogP contribution in [0.15, 0.2) is 18.2 Å². The van der Waals surface area contributed by atoms with Crippen molar-refractivity contribution in [1.29, 1.82) is 0 Å². The highest BCUT2D eigenvalue weighted by Gasteiger charge is 2.21. The van der Waals surface area contributed by atoms with Crippen molar-refractivity contribution in [3.8, 4) is 5.75 Å². The molecule has 0 aliphatic carbocycles. The Labute approximate surface area is 107 Å². The fraction of sp³-hybridized carbons (Fsp3) is 0.417. The average Bonchev–Trinajstić information content (AvgIpc) is 2.26. The summed E-state index contributed by atoms with van der Waals surface area (Å²) in [6.45, 7) is 3.54. The summed E-state index contributed by atoms with van der Waals surface area (Å²) in [5.41, 5.74) is 0.778. The molecule has 6 heteroatoms. The van der Waals surface area contributed by atoms with Gasteiger partial charge in [0.05, 0.1) is 24.6 Å². The predicted octanol–water partition coefficient (Wildman–Crippen LogP) is 1.68. The van der Waals surface area contributed by atoms with E-state index in [0.29, 0.717) is 23.3 Å². The first kappa shape index (κ1) is 14.5. The van der Waals surface area contributed by atoms with E-state index in [-0.39, 0.29) is 6.04 Å². The molecule has 1 rings (SSSR count). The van der Waals surface area contributed by atoms with Crippen molar-refractivity contribution in [1.82, 2.24) is 0 Å². The van der Waals surface area contributed by atoms with Gasteiger partial charge in [0.15, 0.2) is 6.29 Å². The summed E-state index contributed by atoms with van der Waals surface area (Å²) >= 11 is 0. The van der Waals surface area contributed by atoms with Gasteiger partial charge in [-0.05, 0) is 32.0 Å². The molecule has 0 aromatic heterocycles. The Hall–Kier alpha value is -1.56. The van der Waals surface area contributed by atoms with Gasteiger partial charge < -0.3 is 4.74 Å². The molecule has 0 amide bonds. The van der Waals surface area contributed by atoms with Crippen LogP contribution in [0.3, 0.4) is 0 Å². The predicted molar refractivity (Wildman–Crippen MR) is 70.8 cm³/mol. The zero-order valence-electron chi connectivity index (χ0n) is 10.9. The first-order valence-electron chi connectivity index (χ1n) is 5.44. The molecule has 18 heavy (non-hydrogen) atoms. The molecule has 0 saturated carbocycles. The van der Waals surface area contributed by atoms with Crippen molar-refractivity contribution in [3.05, 3.63) is 23.8 Å². The van der Waals surface area contributed by atoms with E-state index in [4.69, 9.17) is 4.74 Å². The smallest absolute Gasteiger partial charge is 0.232 e. The van der Waals surface area contributed by atoms with E-state index in [0.717, 1.165) is 6.26 Å². The fourth-order valence-corrected chi connectivity index (χ4v) is 3.09. The molecule has 0 bridgehead atoms. The maximum Gasteiger partial charge on any atom is 0.232 e. The van der Waals surface area contributed by atoms with Crippen molar-refractivity contribution in [2.45, 2.75) is 19.9 Å². The second-order valence-electron chi connectivity index (χ2n) is 4.20. The van der Waals surface area contributed by atoms with Crippen molar-refractivity contribution < 1.29 is 17.9 Å². The summed E-state index contributed by atoms with van der Waals surface area (Å²) in [5.74, 6) is 0.422. The van der Waals surface area contributed by atoms with Gasteiger partial charge in [-0.2, -0.15) is 0 Å². The molecule has 0 radical (unpaired) electrons. The lowest BCUT2D eigenvalue weighted by molar-refractivity contribution is 0.112. The standard InChI is InChI=1S/C12H17NO4S/c1-9(2)13(18(4,15)16)11-5-6-12(17-3)10(7-11)8-14/h5-9H,1-4H3. The Kier molecular flexibility index (Phi) is 4.34. The average molecular weight is 271 g/mol. The molecule has 1 aromatic rings. The molecular formula is C12H17NO4S. The van der Waals surface area contributed by atoms with Crippen LogP contribution in [0, 0.1) is 0 Å². The van der Waals surface area contributed by atoms with Crippen LogP contribution in [0.4, 0.5) is 5.69 Å². The largest absolute Gasteiger partial charge is 0.496 e. The van der Waals surface area contributed by atoms with Crippen LogP contribution in [-0.4, -0.2) is 34.1 Å². The van der Waals surface area contributed by atoms with Crippen molar-refractivity contribution in [2.75, 3.05) is 17.7 Å². The number of aldehydes is 1. The normalized spacial score (nSPS) is 11.4. The number of methoxy groups -OCH3 is 1. The minimum absolute atomic E-state index is 0.229. The first-order chi connectivity index (χ1) is 8.31. The highest BCUT2D eigenvalue weighted by Crippen LogP contribution is 2.26. The first-order valence-corrected chi connectivity index (χ1v) is 7.28. The number of carbonyl (C=O) groups excluding carboxylic acids is 1. The third kappa shape index (κ3) is 3.01. The van der Waals surface area contributed by atoms with E-state index < -0.39 is 10.0 Å². The topological polar surface area (TPSA) is 63.7 Å². The second kappa shape index (κ2) is 5.39. The van der Waals surface area contributed by atoms with Crippen LogP contribution in [0.2, 0.25) is 0 Å². The number of hydrogen-bond donors (Lipinski definition) is 0. The van der Waals surface area contributed by atoms with Crippen molar-refractivity contribution in [2.24, 2.45) is 0 Å². The Bertz CT molecular complexity index is 537. The fourth-order valence-electron chi connectivity index (χ4n) is 1.82. The van der Waals surface area contributed by atoms with Gasteiger partial charge in [-0.25, -0.2) is 8.42 Å². The van der Waals surface area contributed by atoms with E-state index in [1.807, 2.05) is 0 Å². The van der Waals surface area contributed by atoms with Gasteiger partial charge in [-0.1, -0.05) is 0 Å². The molecular weight excluding hydrogens is 254 g/mol. The van der Waals surface area contributed by atoms with E-state index in [1.54, 1.807) is 26.0 Å². The highest BCUT2D eigenvalue weighted by molar-refractivity contribution is 7.92. The molecule has 5 nitrogen and oxygen atoms in total. The van der Waals surface area contributed by atoms with Crippen molar-refractivity contribution in [3.63, 3.8) is 0 Å². The summed E-state index contributed by atoms with van der Waals surface area (Å²) in [7, 11) is -1.93. The van der Waals surface area contributed by atoms with Gasteiger partial charge in [-0.15, -0.1) is 0 Å². The lowest BCUT2D eigenvalue weighted by Gasteiger charge is -2.26. The number of anilines is 1. The van der Waals surface area contributed by atoms with E-state index in [9.17, 15) is 13.2 Å². The maximum absolute atomic E-state index is 11.7. The van der Waals surface area contributed by atoms with Crippen LogP contribution in [-0.2, 0) is 10.0 Å². The summed E-state index contributed by atoms with van der Waals surface area (Å²) in [6, 6.07) is 4.48. The Balaban J connectivity index is 3.35. The molecule has 0 unspecified atom stereocenters. The number of nitrogens with zero attached hydrogens (tertiary/aromatic N) is 1. The Morgan fingerprint density at radius 1 is 1.33 bits per heavy atom. The number of hydrogen-bond acceptors (Lipinski definition) is 4. The SMILES string of the molecule is COc1ccc(N(C(C)C)S(C)(=O)=O)cc1C=O. The van der Waals surface area contributed by atoms with Crippen LogP contribution in [0.1, 0.15) is 24.2 Å². The van der Waals surface area contributed by atoms with Gasteiger partial charge in [0.25, 0.3) is 0 Å². The van der Waals surface area contributed by atoms with Crippen molar-refractivity contribution >= 4 is 22.0 Å². The maximum atomic E-state index is 11.7. The summed E-state index contributed by atoms with van der Waals surface area (Å²) < 4.78 is 29.7. The number of benzene rings is 1. The number of ether oxygens (including phenoxy) is 1. The molecule has 0 spiro atoms. The minimum atomic E-state index is -3.39. The molecule has 0 heterocycles. The Morgan fingerprint density at radius 3 is 2.33 bits per heavy atom. The molecule has 0 aliphatic heterocycles. The lowest BCUT2D eigenvalue weighted by Crippen LogP contribution is -2.36. The summed E-state index contributed by atoms with van der Waals surface area (Å²) in [4.78, 5) is 10.9. The van der Waals surface area contributed by atoms with Crippen LogP contribution in [0.25, 0.3) is 0 Å². The zero-order chi connectivity index (χ0) is 13.9. The molecule has 0 fully saturated rings. The van der Waals surface area contributed by atoms with Gasteiger partial charge in [0.1, 0.15) is 5.75 Å². The third-order valence-electron chi connectivity index (χ3n) is 2.42. The van der Waals surface area contributed by atoms with Gasteiger partial charge in [0.2, 0.25) is 10.0 Å². The highest BCUT2D eigenvalue weighted by atomic mass is 32.2. The lowest BCUT2D eigenvalue weighted by atomic mass is 10.2. The Morgan fingerprint density at radius 2 is 1.94 bits per heavy atom. The molecule has 100 valence electrons. The number of rotatable bonds is 5. The van der Waals surface area contributed by atoms with Gasteiger partial charge in [0, 0.05) is 6.04 Å². The molecule has 0 N–H and O–H groups in total. The second-order valence-corrected chi connectivity index (χ2v) is 6.06. The van der Waals surface area contributed by atoms with E-state index in [2.05, 4.69) is 0 Å². The van der Waals surface area contributed by atoms with Crippen LogP contribution < -0.4 is 9.04 Å². The minimum Gasteiger partial charge on any atom is -0.496 e. The zero-order valence-corrected chi connectivity index (χ0v) is 11.7. The quantitative estimate of drug-likeness (QED) is 0.764. The van der Waals surface area contributed by atoms with E-state index >= 15 is 0 Å². The van der Waals surface area contributed by atoms with Gasteiger partial charge in [-0.3, -0.25) is 9.10 Å². The van der Waals surface area contributed by atoms with Crippen LogP contribution >= 0.6 is 0 Å². The van der Waals surface area contributed by atoms with Crippen LogP contribution in [0.5, 0.6) is 5.75 Å². The monoisotopic (exact) mass is 271 g/mol. The van der Waals surface area contributed by atoms with Gasteiger partial charge >= 0.3 is 0 Å². The number of sulfonamides is 1. The third-order valence-corrected chi connectivity index (χ3v) is 3.77. The molecule has 0 aliphatic rings. The molecule has 0 saturated heterocycles. The molecule has 0 atom stereocenters.